The Hall–Kier alpha value is -4.20. The number of benzene rings is 3. The van der Waals surface area contributed by atoms with Gasteiger partial charge in [-0.3, -0.25) is 4.79 Å². The molecule has 2 aliphatic rings. The Morgan fingerprint density at radius 3 is 2.20 bits per heavy atom. The van der Waals surface area contributed by atoms with Crippen LogP contribution in [-0.2, 0) is 9.53 Å². The summed E-state index contributed by atoms with van der Waals surface area (Å²) in [4.78, 5) is 36.2. The van der Waals surface area contributed by atoms with Crippen LogP contribution in [0.25, 0.3) is 11.1 Å². The van der Waals surface area contributed by atoms with Crippen molar-refractivity contribution in [3.05, 3.63) is 89.2 Å². The molecular weight excluding hydrogens is 451 g/mol. The summed E-state index contributed by atoms with van der Waals surface area (Å²) in [6.45, 7) is 0.202. The predicted octanol–water partition coefficient (Wildman–Crippen LogP) is 4.78. The van der Waals surface area contributed by atoms with Gasteiger partial charge in [0, 0.05) is 17.9 Å². The van der Waals surface area contributed by atoms with E-state index in [2.05, 4.69) is 22.8 Å². The van der Waals surface area contributed by atoms with Crippen molar-refractivity contribution in [2.24, 2.45) is 5.92 Å². The average Bonchev–Trinajstić information content (AvgIpc) is 3.13. The van der Waals surface area contributed by atoms with E-state index in [-0.39, 0.29) is 29.8 Å². The van der Waals surface area contributed by atoms with Gasteiger partial charge in [-0.1, -0.05) is 48.5 Å². The predicted molar refractivity (Wildman–Crippen MR) is 127 cm³/mol. The Bertz CT molecular complexity index is 1270. The first-order chi connectivity index (χ1) is 16.9. The molecule has 0 aromatic heterocycles. The summed E-state index contributed by atoms with van der Waals surface area (Å²) in [6.07, 6.45) is 0.218. The molecule has 0 radical (unpaired) electrons. The van der Waals surface area contributed by atoms with Crippen LogP contribution in [0.5, 0.6) is 0 Å². The molecule has 1 saturated carbocycles. The van der Waals surface area contributed by atoms with E-state index in [9.17, 15) is 23.9 Å². The fourth-order valence-electron chi connectivity index (χ4n) is 4.80. The van der Waals surface area contributed by atoms with Crippen molar-refractivity contribution in [1.29, 1.82) is 0 Å². The van der Waals surface area contributed by atoms with E-state index in [1.165, 1.54) is 0 Å². The fraction of sp³-hybridized carbons (Fsp3) is 0.222. The summed E-state index contributed by atoms with van der Waals surface area (Å²) in [5, 5.41) is 14.5. The van der Waals surface area contributed by atoms with Gasteiger partial charge in [-0.15, -0.1) is 0 Å². The molecule has 3 aromatic carbocycles. The van der Waals surface area contributed by atoms with Crippen molar-refractivity contribution in [3.63, 3.8) is 0 Å². The Morgan fingerprint density at radius 2 is 1.57 bits per heavy atom. The number of halogens is 1. The molecule has 2 aliphatic carbocycles. The second-order valence-corrected chi connectivity index (χ2v) is 8.82. The van der Waals surface area contributed by atoms with Crippen LogP contribution in [0.4, 0.5) is 14.9 Å². The highest BCUT2D eigenvalue weighted by Crippen LogP contribution is 2.44. The van der Waals surface area contributed by atoms with Crippen molar-refractivity contribution in [2.45, 2.75) is 24.8 Å². The molecule has 3 N–H and O–H groups in total. The maximum absolute atomic E-state index is 13.5. The normalized spacial score (nSPS) is 18.1. The third kappa shape index (κ3) is 4.47. The van der Waals surface area contributed by atoms with Crippen molar-refractivity contribution in [3.8, 4) is 11.1 Å². The van der Waals surface area contributed by atoms with Gasteiger partial charge in [0.1, 0.15) is 12.4 Å². The zero-order valence-electron chi connectivity index (χ0n) is 18.7. The van der Waals surface area contributed by atoms with E-state index in [4.69, 9.17) is 4.74 Å². The number of amides is 2. The molecular formula is C27H23FN2O5. The Morgan fingerprint density at radius 1 is 0.943 bits per heavy atom. The summed E-state index contributed by atoms with van der Waals surface area (Å²) in [6, 6.07) is 19.0. The van der Waals surface area contributed by atoms with Gasteiger partial charge in [0.05, 0.1) is 11.3 Å². The summed E-state index contributed by atoms with van der Waals surface area (Å²) < 4.78 is 19.0. The van der Waals surface area contributed by atoms with Crippen LogP contribution in [0.1, 0.15) is 40.2 Å². The smallest absolute Gasteiger partial charge is 0.407 e. The van der Waals surface area contributed by atoms with Crippen molar-refractivity contribution in [1.82, 2.24) is 5.32 Å². The molecule has 0 bridgehead atoms. The number of carbonyl (C=O) groups is 3. The lowest BCUT2D eigenvalue weighted by molar-refractivity contribution is -0.122. The number of rotatable bonds is 6. The standard InChI is InChI=1S/C27H23FN2O5/c28-16-9-10-22(26(32)33)24(13-16)30-25(31)15-11-17(12-15)29-27(34)35-14-23-20-7-3-1-5-18(20)19-6-2-4-8-21(19)23/h1-10,13,15,17,23H,11-12,14H2,(H,29,34)(H,30,31)(H,32,33). The monoisotopic (exact) mass is 474 g/mol. The van der Waals surface area contributed by atoms with E-state index < -0.39 is 29.7 Å². The summed E-state index contributed by atoms with van der Waals surface area (Å²) in [5.74, 6) is -2.78. The third-order valence-electron chi connectivity index (χ3n) is 6.64. The summed E-state index contributed by atoms with van der Waals surface area (Å²) in [5.41, 5.74) is 4.27. The van der Waals surface area contributed by atoms with Gasteiger partial charge in [-0.2, -0.15) is 0 Å². The Labute approximate surface area is 200 Å². The second-order valence-electron chi connectivity index (χ2n) is 8.82. The number of carboxylic acid groups (broad SMARTS) is 1. The van der Waals surface area contributed by atoms with Crippen LogP contribution in [0.3, 0.4) is 0 Å². The average molecular weight is 474 g/mol. The number of ether oxygens (including phenoxy) is 1. The fourth-order valence-corrected chi connectivity index (χ4v) is 4.80. The lowest BCUT2D eigenvalue weighted by Crippen LogP contribution is -2.48. The molecule has 7 nitrogen and oxygen atoms in total. The zero-order chi connectivity index (χ0) is 24.5. The van der Waals surface area contributed by atoms with Crippen LogP contribution in [0.2, 0.25) is 0 Å². The van der Waals surface area contributed by atoms with Crippen molar-refractivity contribution >= 4 is 23.7 Å². The lowest BCUT2D eigenvalue weighted by Gasteiger charge is -2.34. The van der Waals surface area contributed by atoms with Gasteiger partial charge in [-0.05, 0) is 53.3 Å². The van der Waals surface area contributed by atoms with Gasteiger partial charge in [0.2, 0.25) is 5.91 Å². The van der Waals surface area contributed by atoms with E-state index in [1.807, 2.05) is 36.4 Å². The first kappa shape index (κ1) is 22.6. The lowest BCUT2D eigenvalue weighted by atomic mass is 9.79. The van der Waals surface area contributed by atoms with Crippen LogP contribution in [0, 0.1) is 11.7 Å². The van der Waals surface area contributed by atoms with Crippen LogP contribution >= 0.6 is 0 Å². The molecule has 2 amide bonds. The number of hydrogen-bond acceptors (Lipinski definition) is 4. The Kier molecular flexibility index (Phi) is 5.94. The molecule has 5 rings (SSSR count). The number of carbonyl (C=O) groups excluding carboxylic acids is 2. The first-order valence-electron chi connectivity index (χ1n) is 11.4. The van der Waals surface area contributed by atoms with Crippen molar-refractivity contribution in [2.75, 3.05) is 11.9 Å². The largest absolute Gasteiger partial charge is 0.478 e. The first-order valence-corrected chi connectivity index (χ1v) is 11.4. The minimum Gasteiger partial charge on any atom is -0.478 e. The van der Waals surface area contributed by atoms with E-state index in [0.29, 0.717) is 12.8 Å². The molecule has 0 heterocycles. The topological polar surface area (TPSA) is 105 Å². The Balaban J connectivity index is 1.13. The molecule has 0 unspecified atom stereocenters. The van der Waals surface area contributed by atoms with E-state index >= 15 is 0 Å². The summed E-state index contributed by atoms with van der Waals surface area (Å²) in [7, 11) is 0. The number of alkyl carbamates (subject to hydrolysis) is 1. The quantitative estimate of drug-likeness (QED) is 0.477. The van der Waals surface area contributed by atoms with E-state index in [0.717, 1.165) is 40.5 Å². The second kappa shape index (κ2) is 9.21. The van der Waals surface area contributed by atoms with Crippen LogP contribution in [-0.4, -0.2) is 35.7 Å². The minimum atomic E-state index is -1.26. The van der Waals surface area contributed by atoms with Gasteiger partial charge in [0.15, 0.2) is 0 Å². The van der Waals surface area contributed by atoms with Crippen molar-refractivity contribution < 1.29 is 28.6 Å². The van der Waals surface area contributed by atoms with Gasteiger partial charge in [0.25, 0.3) is 0 Å². The highest BCUT2D eigenvalue weighted by Gasteiger charge is 2.36. The number of nitrogens with one attached hydrogen (secondary N) is 2. The molecule has 0 aliphatic heterocycles. The highest BCUT2D eigenvalue weighted by molar-refractivity contribution is 6.01. The highest BCUT2D eigenvalue weighted by atomic mass is 19.1. The maximum atomic E-state index is 13.5. The van der Waals surface area contributed by atoms with Crippen LogP contribution in [0.15, 0.2) is 66.7 Å². The molecule has 8 heteroatoms. The number of hydrogen-bond donors (Lipinski definition) is 3. The van der Waals surface area contributed by atoms with Crippen LogP contribution < -0.4 is 10.6 Å². The number of anilines is 1. The summed E-state index contributed by atoms with van der Waals surface area (Å²) >= 11 is 0. The molecule has 0 spiro atoms. The minimum absolute atomic E-state index is 0.0391. The SMILES string of the molecule is O=C(NC1CC(C(=O)Nc2cc(F)ccc2C(=O)O)C1)OCC1c2ccccc2-c2ccccc21. The zero-order valence-corrected chi connectivity index (χ0v) is 18.7. The van der Waals surface area contributed by atoms with E-state index in [1.54, 1.807) is 0 Å². The molecule has 0 atom stereocenters. The number of fused-ring (bicyclic) bond motifs is 3. The van der Waals surface area contributed by atoms with Gasteiger partial charge in [-0.25, -0.2) is 14.0 Å². The van der Waals surface area contributed by atoms with Gasteiger partial charge < -0.3 is 20.5 Å². The molecule has 0 saturated heterocycles. The molecule has 3 aromatic rings. The third-order valence-corrected chi connectivity index (χ3v) is 6.64. The molecule has 1 fully saturated rings. The molecule has 35 heavy (non-hydrogen) atoms. The number of aromatic carboxylic acids is 1. The number of carboxylic acids is 1. The van der Waals surface area contributed by atoms with Gasteiger partial charge >= 0.3 is 12.1 Å². The maximum Gasteiger partial charge on any atom is 0.407 e. The molecule has 178 valence electrons.